The van der Waals surface area contributed by atoms with Gasteiger partial charge in [0.15, 0.2) is 5.69 Å². The Morgan fingerprint density at radius 3 is 2.62 bits per heavy atom. The summed E-state index contributed by atoms with van der Waals surface area (Å²) >= 11 is 3.43. The van der Waals surface area contributed by atoms with E-state index in [-0.39, 0.29) is 5.97 Å². The van der Waals surface area contributed by atoms with Gasteiger partial charge in [-0.25, -0.2) is 4.79 Å². The molecule has 0 unspecified atom stereocenters. The molecule has 0 bridgehead atoms. The Bertz CT molecular complexity index is 605. The van der Waals surface area contributed by atoms with Crippen molar-refractivity contribution in [1.82, 2.24) is 9.78 Å². The summed E-state index contributed by atoms with van der Waals surface area (Å²) in [6.07, 6.45) is 1.90. The minimum atomic E-state index is -0.357. The summed E-state index contributed by atoms with van der Waals surface area (Å²) in [4.78, 5) is 11.8. The van der Waals surface area contributed by atoms with E-state index in [2.05, 4.69) is 28.0 Å². The van der Waals surface area contributed by atoms with Crippen LogP contribution in [-0.2, 0) is 17.7 Å². The fourth-order valence-electron chi connectivity index (χ4n) is 2.12. The van der Waals surface area contributed by atoms with Gasteiger partial charge < -0.3 is 4.74 Å². The molecule has 2 aromatic rings. The molecule has 21 heavy (non-hydrogen) atoms. The van der Waals surface area contributed by atoms with E-state index in [1.165, 1.54) is 0 Å². The summed E-state index contributed by atoms with van der Waals surface area (Å²) in [5.41, 5.74) is 2.59. The number of benzene rings is 1. The average Bonchev–Trinajstić information content (AvgIpc) is 2.85. The smallest absolute Gasteiger partial charge is 0.358 e. The zero-order valence-electron chi connectivity index (χ0n) is 12.3. The van der Waals surface area contributed by atoms with Gasteiger partial charge in [0, 0.05) is 10.2 Å². The van der Waals surface area contributed by atoms with E-state index in [0.717, 1.165) is 28.6 Å². The Balaban J connectivity index is 2.23. The molecule has 5 heteroatoms. The van der Waals surface area contributed by atoms with Crippen molar-refractivity contribution in [2.75, 3.05) is 6.61 Å². The third kappa shape index (κ3) is 4.17. The number of carbonyl (C=O) groups excluding carboxylic acids is 1. The molecule has 112 valence electrons. The highest BCUT2D eigenvalue weighted by molar-refractivity contribution is 9.10. The van der Waals surface area contributed by atoms with Gasteiger partial charge in [-0.2, -0.15) is 5.10 Å². The van der Waals surface area contributed by atoms with Crippen LogP contribution in [0.25, 0.3) is 0 Å². The van der Waals surface area contributed by atoms with Gasteiger partial charge in [0.05, 0.1) is 13.2 Å². The van der Waals surface area contributed by atoms with Gasteiger partial charge in [-0.05, 0) is 37.1 Å². The zero-order chi connectivity index (χ0) is 15.2. The summed E-state index contributed by atoms with van der Waals surface area (Å²) in [7, 11) is 0. The van der Waals surface area contributed by atoms with Crippen LogP contribution >= 0.6 is 15.9 Å². The van der Waals surface area contributed by atoms with E-state index in [4.69, 9.17) is 4.74 Å². The van der Waals surface area contributed by atoms with Crippen LogP contribution in [0.5, 0.6) is 0 Å². The minimum Gasteiger partial charge on any atom is -0.461 e. The largest absolute Gasteiger partial charge is 0.461 e. The normalized spacial score (nSPS) is 10.6. The predicted molar refractivity (Wildman–Crippen MR) is 85.4 cm³/mol. The van der Waals surface area contributed by atoms with Gasteiger partial charge in [0.2, 0.25) is 0 Å². The Labute approximate surface area is 133 Å². The van der Waals surface area contributed by atoms with Gasteiger partial charge in [-0.15, -0.1) is 0 Å². The van der Waals surface area contributed by atoms with Gasteiger partial charge in [-0.1, -0.05) is 41.4 Å². The number of aryl methyl sites for hydroxylation is 1. The Morgan fingerprint density at radius 2 is 2.00 bits per heavy atom. The fraction of sp³-hybridized carbons (Fsp3) is 0.375. The van der Waals surface area contributed by atoms with E-state index >= 15 is 0 Å². The highest BCUT2D eigenvalue weighted by Gasteiger charge is 2.15. The summed E-state index contributed by atoms with van der Waals surface area (Å²) < 4.78 is 7.96. The summed E-state index contributed by atoms with van der Waals surface area (Å²) in [6, 6.07) is 9.94. The third-order valence-corrected chi connectivity index (χ3v) is 3.63. The molecule has 1 heterocycles. The van der Waals surface area contributed by atoms with Crippen LogP contribution in [0.1, 0.15) is 42.0 Å². The second-order valence-electron chi connectivity index (χ2n) is 4.78. The number of nitrogens with zero attached hydrogens (tertiary/aromatic N) is 2. The quantitative estimate of drug-likeness (QED) is 0.743. The molecule has 1 aromatic heterocycles. The maximum absolute atomic E-state index is 11.8. The average molecular weight is 351 g/mol. The molecule has 4 nitrogen and oxygen atoms in total. The second kappa shape index (κ2) is 7.41. The zero-order valence-corrected chi connectivity index (χ0v) is 13.9. The van der Waals surface area contributed by atoms with Crippen molar-refractivity contribution in [2.45, 2.75) is 33.2 Å². The summed E-state index contributed by atoms with van der Waals surface area (Å²) in [5.74, 6) is -0.357. The number of ether oxygens (including phenoxy) is 1. The molecule has 0 saturated heterocycles. The lowest BCUT2D eigenvalue weighted by Gasteiger charge is -2.07. The first-order chi connectivity index (χ1) is 10.1. The van der Waals surface area contributed by atoms with Crippen molar-refractivity contribution in [2.24, 2.45) is 0 Å². The molecular formula is C16H19BrN2O2. The van der Waals surface area contributed by atoms with Crippen molar-refractivity contribution in [1.29, 1.82) is 0 Å². The van der Waals surface area contributed by atoms with Crippen LogP contribution in [-0.4, -0.2) is 22.4 Å². The summed E-state index contributed by atoms with van der Waals surface area (Å²) in [6.45, 7) is 4.92. The number of hydrogen-bond acceptors (Lipinski definition) is 3. The van der Waals surface area contributed by atoms with Gasteiger partial charge >= 0.3 is 5.97 Å². The van der Waals surface area contributed by atoms with E-state index < -0.39 is 0 Å². The van der Waals surface area contributed by atoms with Crippen LogP contribution in [0.3, 0.4) is 0 Å². The van der Waals surface area contributed by atoms with Crippen molar-refractivity contribution < 1.29 is 9.53 Å². The van der Waals surface area contributed by atoms with E-state index in [0.29, 0.717) is 18.8 Å². The molecule has 1 aromatic carbocycles. The van der Waals surface area contributed by atoms with Crippen molar-refractivity contribution >= 4 is 21.9 Å². The molecule has 0 aliphatic rings. The molecule has 0 atom stereocenters. The first-order valence-corrected chi connectivity index (χ1v) is 7.91. The number of halogens is 1. The number of aromatic nitrogens is 2. The molecule has 0 aliphatic heterocycles. The van der Waals surface area contributed by atoms with Crippen LogP contribution in [0, 0.1) is 0 Å². The van der Waals surface area contributed by atoms with Crippen LogP contribution in [0.2, 0.25) is 0 Å². The predicted octanol–water partition coefficient (Wildman–Crippen LogP) is 3.82. The first kappa shape index (κ1) is 15.8. The standard InChI is InChI=1S/C16H19BrN2O2/c1-3-5-14-10-15(16(20)21-4-2)18-19(14)11-12-6-8-13(17)9-7-12/h6-10H,3-5,11H2,1-2H3. The topological polar surface area (TPSA) is 44.1 Å². The number of rotatable bonds is 6. The third-order valence-electron chi connectivity index (χ3n) is 3.10. The van der Waals surface area contributed by atoms with E-state index in [1.54, 1.807) is 6.92 Å². The van der Waals surface area contributed by atoms with E-state index in [9.17, 15) is 4.79 Å². The van der Waals surface area contributed by atoms with Crippen LogP contribution in [0.15, 0.2) is 34.8 Å². The monoisotopic (exact) mass is 350 g/mol. The van der Waals surface area contributed by atoms with Crippen molar-refractivity contribution in [3.63, 3.8) is 0 Å². The Hall–Kier alpha value is -1.62. The molecule has 2 rings (SSSR count). The van der Waals surface area contributed by atoms with E-state index in [1.807, 2.05) is 35.0 Å². The number of esters is 1. The lowest BCUT2D eigenvalue weighted by atomic mass is 10.2. The maximum atomic E-state index is 11.8. The van der Waals surface area contributed by atoms with Crippen molar-refractivity contribution in [3.8, 4) is 0 Å². The van der Waals surface area contributed by atoms with Crippen LogP contribution in [0.4, 0.5) is 0 Å². The first-order valence-electron chi connectivity index (χ1n) is 7.12. The molecule has 0 N–H and O–H groups in total. The Kier molecular flexibility index (Phi) is 5.56. The SMILES string of the molecule is CCCc1cc(C(=O)OCC)nn1Cc1ccc(Br)cc1. The lowest BCUT2D eigenvalue weighted by Crippen LogP contribution is -2.09. The molecule has 0 saturated carbocycles. The molecule has 0 spiro atoms. The van der Waals surface area contributed by atoms with Gasteiger partial charge in [-0.3, -0.25) is 4.68 Å². The Morgan fingerprint density at radius 1 is 1.29 bits per heavy atom. The molecule has 0 amide bonds. The highest BCUT2D eigenvalue weighted by Crippen LogP contribution is 2.14. The fourth-order valence-corrected chi connectivity index (χ4v) is 2.38. The van der Waals surface area contributed by atoms with Gasteiger partial charge in [0.1, 0.15) is 0 Å². The lowest BCUT2D eigenvalue weighted by molar-refractivity contribution is 0.0518. The molecular weight excluding hydrogens is 332 g/mol. The molecule has 0 fully saturated rings. The van der Waals surface area contributed by atoms with Crippen molar-refractivity contribution in [3.05, 3.63) is 51.8 Å². The second-order valence-corrected chi connectivity index (χ2v) is 5.69. The van der Waals surface area contributed by atoms with Gasteiger partial charge in [0.25, 0.3) is 0 Å². The molecule has 0 radical (unpaired) electrons. The van der Waals surface area contributed by atoms with Crippen LogP contribution < -0.4 is 0 Å². The summed E-state index contributed by atoms with van der Waals surface area (Å²) in [5, 5.41) is 4.40. The number of carbonyl (C=O) groups is 1. The number of hydrogen-bond donors (Lipinski definition) is 0. The highest BCUT2D eigenvalue weighted by atomic mass is 79.9. The maximum Gasteiger partial charge on any atom is 0.358 e. The minimum absolute atomic E-state index is 0.357. The molecule has 0 aliphatic carbocycles.